The van der Waals surface area contributed by atoms with Gasteiger partial charge in [-0.1, -0.05) is 0 Å². The van der Waals surface area contributed by atoms with E-state index in [2.05, 4.69) is 15.3 Å². The predicted octanol–water partition coefficient (Wildman–Crippen LogP) is 2.72. The third kappa shape index (κ3) is 2.97. The van der Waals surface area contributed by atoms with Crippen LogP contribution in [0.25, 0.3) is 11.0 Å². The summed E-state index contributed by atoms with van der Waals surface area (Å²) in [5, 5.41) is 3.02. The smallest absolute Gasteiger partial charge is 0.408 e. The van der Waals surface area contributed by atoms with E-state index in [1.54, 1.807) is 19.4 Å². The lowest BCUT2D eigenvalue weighted by molar-refractivity contribution is -0.184. The van der Waals surface area contributed by atoms with Crippen LogP contribution in [0.5, 0.6) is 5.88 Å². The number of cyclic esters (lactones) is 1. The Hall–Kier alpha value is -2.45. The summed E-state index contributed by atoms with van der Waals surface area (Å²) in [6.45, 7) is 1.32. The Bertz CT molecular complexity index is 889. The number of carbonyl (C=O) groups is 1. The zero-order valence-electron chi connectivity index (χ0n) is 15.7. The maximum absolute atomic E-state index is 12.1. The number of ether oxygens (including phenoxy) is 4. The van der Waals surface area contributed by atoms with Crippen molar-refractivity contribution in [2.75, 3.05) is 20.3 Å². The Kier molecular flexibility index (Phi) is 4.32. The number of fused-ring (bicyclic) bond motifs is 1. The Balaban J connectivity index is 1.44. The third-order valence-corrected chi connectivity index (χ3v) is 6.06. The molecule has 1 spiro atoms. The maximum Gasteiger partial charge on any atom is 0.408 e. The van der Waals surface area contributed by atoms with E-state index in [1.807, 2.05) is 12.1 Å². The van der Waals surface area contributed by atoms with Crippen molar-refractivity contribution in [2.24, 2.45) is 5.92 Å². The molecule has 5 rings (SSSR count). The number of methoxy groups -OCH3 is 1. The zero-order chi connectivity index (χ0) is 19.1. The third-order valence-electron chi connectivity index (χ3n) is 6.06. The molecule has 2 atom stereocenters. The molecule has 8 heteroatoms. The minimum atomic E-state index is -0.423. The van der Waals surface area contributed by atoms with E-state index in [9.17, 15) is 4.79 Å². The molecule has 2 unspecified atom stereocenters. The molecule has 1 N–H and O–H groups in total. The van der Waals surface area contributed by atoms with Crippen LogP contribution in [-0.2, 0) is 14.2 Å². The van der Waals surface area contributed by atoms with Crippen molar-refractivity contribution < 1.29 is 23.7 Å². The van der Waals surface area contributed by atoms with Gasteiger partial charge in [-0.15, -0.1) is 0 Å². The first-order chi connectivity index (χ1) is 13.7. The van der Waals surface area contributed by atoms with Crippen LogP contribution in [0.15, 0.2) is 24.4 Å². The van der Waals surface area contributed by atoms with Gasteiger partial charge in [0.25, 0.3) is 0 Å². The van der Waals surface area contributed by atoms with Crippen LogP contribution < -0.4 is 10.1 Å². The molecule has 1 saturated carbocycles. The summed E-state index contributed by atoms with van der Waals surface area (Å²) in [7, 11) is 1.58. The van der Waals surface area contributed by atoms with Crippen molar-refractivity contribution in [1.29, 1.82) is 0 Å². The fourth-order valence-corrected chi connectivity index (χ4v) is 4.65. The standard InChI is InChI=1S/C20H23N3O5/c1-25-15-3-2-14-17(22-15)13(6-9-21-14)18-16(23-19(24)28-18)12-4-7-20(8-5-12)26-10-11-27-20/h2-3,6,9,12,16,18H,4-5,7-8,10-11H2,1H3,(H,23,24). The number of hydrogen-bond donors (Lipinski definition) is 1. The second-order valence-corrected chi connectivity index (χ2v) is 7.56. The van der Waals surface area contributed by atoms with Gasteiger partial charge in [0.05, 0.1) is 37.4 Å². The number of aromatic nitrogens is 2. The van der Waals surface area contributed by atoms with Crippen molar-refractivity contribution in [1.82, 2.24) is 15.3 Å². The van der Waals surface area contributed by atoms with Crippen LogP contribution in [0, 0.1) is 5.92 Å². The summed E-state index contributed by atoms with van der Waals surface area (Å²) in [5.74, 6) is 0.364. The highest BCUT2D eigenvalue weighted by Gasteiger charge is 2.47. The number of rotatable bonds is 3. The number of hydrogen-bond acceptors (Lipinski definition) is 7. The fourth-order valence-electron chi connectivity index (χ4n) is 4.65. The predicted molar refractivity (Wildman–Crippen MR) is 98.8 cm³/mol. The van der Waals surface area contributed by atoms with Crippen LogP contribution in [-0.4, -0.2) is 48.2 Å². The number of nitrogens with one attached hydrogen (secondary N) is 1. The summed E-state index contributed by atoms with van der Waals surface area (Å²) in [6, 6.07) is 5.39. The minimum Gasteiger partial charge on any atom is -0.481 e. The molecule has 0 aromatic carbocycles. The summed E-state index contributed by atoms with van der Waals surface area (Å²) in [4.78, 5) is 21.1. The molecule has 1 aliphatic carbocycles. The molecule has 1 amide bonds. The quantitative estimate of drug-likeness (QED) is 0.868. The first-order valence-corrected chi connectivity index (χ1v) is 9.72. The van der Waals surface area contributed by atoms with E-state index in [4.69, 9.17) is 18.9 Å². The second-order valence-electron chi connectivity index (χ2n) is 7.56. The van der Waals surface area contributed by atoms with Gasteiger partial charge >= 0.3 is 6.09 Å². The molecule has 2 aliphatic heterocycles. The van der Waals surface area contributed by atoms with Crippen molar-refractivity contribution >= 4 is 17.1 Å². The normalized spacial score (nSPS) is 27.1. The first kappa shape index (κ1) is 17.6. The number of nitrogens with zero attached hydrogens (tertiary/aromatic N) is 2. The van der Waals surface area contributed by atoms with E-state index in [-0.39, 0.29) is 12.0 Å². The van der Waals surface area contributed by atoms with Gasteiger partial charge in [0.15, 0.2) is 11.9 Å². The van der Waals surface area contributed by atoms with Crippen LogP contribution in [0.3, 0.4) is 0 Å². The Labute approximate surface area is 162 Å². The van der Waals surface area contributed by atoms with E-state index < -0.39 is 18.0 Å². The molecule has 3 aliphatic rings. The zero-order valence-corrected chi connectivity index (χ0v) is 15.7. The van der Waals surface area contributed by atoms with Gasteiger partial charge in [0.2, 0.25) is 5.88 Å². The van der Waals surface area contributed by atoms with Crippen molar-refractivity contribution in [3.63, 3.8) is 0 Å². The second kappa shape index (κ2) is 6.86. The highest BCUT2D eigenvalue weighted by molar-refractivity contribution is 5.80. The molecule has 3 fully saturated rings. The minimum absolute atomic E-state index is 0.121. The van der Waals surface area contributed by atoms with Gasteiger partial charge < -0.3 is 24.3 Å². The number of carbonyl (C=O) groups excluding carboxylic acids is 1. The molecule has 2 saturated heterocycles. The topological polar surface area (TPSA) is 91.8 Å². The van der Waals surface area contributed by atoms with Crippen LogP contribution in [0.2, 0.25) is 0 Å². The molecular weight excluding hydrogens is 362 g/mol. The van der Waals surface area contributed by atoms with E-state index >= 15 is 0 Å². The fraction of sp³-hybridized carbons (Fsp3) is 0.550. The number of pyridine rings is 2. The van der Waals surface area contributed by atoms with Gasteiger partial charge in [0.1, 0.15) is 0 Å². The van der Waals surface area contributed by atoms with Crippen molar-refractivity contribution in [3.05, 3.63) is 30.0 Å². The highest BCUT2D eigenvalue weighted by atomic mass is 16.7. The summed E-state index contributed by atoms with van der Waals surface area (Å²) >= 11 is 0. The molecule has 2 aromatic rings. The summed E-state index contributed by atoms with van der Waals surface area (Å²) in [6.07, 6.45) is 4.40. The van der Waals surface area contributed by atoms with Crippen molar-refractivity contribution in [3.8, 4) is 5.88 Å². The van der Waals surface area contributed by atoms with Crippen LogP contribution >= 0.6 is 0 Å². The van der Waals surface area contributed by atoms with Gasteiger partial charge in [-0.2, -0.15) is 0 Å². The Morgan fingerprint density at radius 2 is 1.96 bits per heavy atom. The SMILES string of the molecule is COc1ccc2nccc(C3OC(=O)NC3C3CCC4(CC3)OCCO4)c2n1. The molecule has 0 radical (unpaired) electrons. The van der Waals surface area contributed by atoms with E-state index in [1.165, 1.54) is 0 Å². The van der Waals surface area contributed by atoms with Crippen molar-refractivity contribution in [2.45, 2.75) is 43.6 Å². The molecule has 2 aromatic heterocycles. The largest absolute Gasteiger partial charge is 0.481 e. The first-order valence-electron chi connectivity index (χ1n) is 9.72. The number of alkyl carbamates (subject to hydrolysis) is 1. The molecule has 28 heavy (non-hydrogen) atoms. The van der Waals surface area contributed by atoms with Crippen LogP contribution in [0.4, 0.5) is 4.79 Å². The molecule has 8 nitrogen and oxygen atoms in total. The summed E-state index contributed by atoms with van der Waals surface area (Å²) in [5.41, 5.74) is 2.29. The molecular formula is C20H23N3O5. The lowest BCUT2D eigenvalue weighted by atomic mass is 9.78. The van der Waals surface area contributed by atoms with Crippen LogP contribution in [0.1, 0.15) is 37.4 Å². The van der Waals surface area contributed by atoms with Gasteiger partial charge in [-0.3, -0.25) is 4.98 Å². The van der Waals surface area contributed by atoms with E-state index in [0.29, 0.717) is 24.6 Å². The van der Waals surface area contributed by atoms with Gasteiger partial charge in [0, 0.05) is 30.7 Å². The molecule has 148 valence electrons. The maximum atomic E-state index is 12.1. The Morgan fingerprint density at radius 3 is 2.71 bits per heavy atom. The monoisotopic (exact) mass is 385 g/mol. The summed E-state index contributed by atoms with van der Waals surface area (Å²) < 4.78 is 22.6. The lowest BCUT2D eigenvalue weighted by Crippen LogP contribution is -2.42. The Morgan fingerprint density at radius 1 is 1.18 bits per heavy atom. The van der Waals surface area contributed by atoms with E-state index in [0.717, 1.165) is 36.8 Å². The molecule has 0 bridgehead atoms. The molecule has 4 heterocycles. The lowest BCUT2D eigenvalue weighted by Gasteiger charge is -2.38. The highest BCUT2D eigenvalue weighted by Crippen LogP contribution is 2.44. The van der Waals surface area contributed by atoms with Gasteiger partial charge in [-0.05, 0) is 30.9 Å². The average molecular weight is 385 g/mol. The van der Waals surface area contributed by atoms with Gasteiger partial charge in [-0.25, -0.2) is 9.78 Å². The average Bonchev–Trinajstić information content (AvgIpc) is 3.34. The number of amides is 1.